The number of sulfonamides is 1. The fraction of sp³-hybridized carbons (Fsp3) is 0.136. The van der Waals surface area contributed by atoms with Gasteiger partial charge in [0.2, 0.25) is 0 Å². The van der Waals surface area contributed by atoms with Crippen LogP contribution in [0.5, 0.6) is 5.75 Å². The number of carbonyl (C=O) groups is 1. The molecule has 0 radical (unpaired) electrons. The predicted molar refractivity (Wildman–Crippen MR) is 122 cm³/mol. The average molecular weight is 479 g/mol. The lowest BCUT2D eigenvalue weighted by Crippen LogP contribution is -2.31. The quantitative estimate of drug-likeness (QED) is 0.474. The van der Waals surface area contributed by atoms with E-state index in [2.05, 4.69) is 10.0 Å². The first-order valence-electron chi connectivity index (χ1n) is 9.29. The Labute approximate surface area is 191 Å². The lowest BCUT2D eigenvalue weighted by molar-refractivity contribution is -0.123. The molecule has 162 valence electrons. The molecule has 0 spiro atoms. The van der Waals surface area contributed by atoms with Crippen LogP contribution in [-0.4, -0.2) is 20.9 Å². The van der Waals surface area contributed by atoms with E-state index in [9.17, 15) is 13.2 Å². The molecule has 2 N–H and O–H groups in total. The van der Waals surface area contributed by atoms with Crippen LogP contribution in [0.4, 0.5) is 5.69 Å². The topological polar surface area (TPSA) is 84.5 Å². The molecule has 0 bridgehead atoms. The summed E-state index contributed by atoms with van der Waals surface area (Å²) in [4.78, 5) is 12.2. The van der Waals surface area contributed by atoms with Gasteiger partial charge in [-0.3, -0.25) is 9.52 Å². The highest BCUT2D eigenvalue weighted by Gasteiger charge is 2.15. The van der Waals surface area contributed by atoms with E-state index < -0.39 is 10.0 Å². The van der Waals surface area contributed by atoms with E-state index in [1.165, 1.54) is 42.5 Å². The third-order valence-electron chi connectivity index (χ3n) is 4.35. The molecular formula is C22H20Cl2N2O4S. The summed E-state index contributed by atoms with van der Waals surface area (Å²) < 4.78 is 33.0. The van der Waals surface area contributed by atoms with Crippen LogP contribution in [-0.2, 0) is 14.8 Å². The molecule has 0 aliphatic rings. The van der Waals surface area contributed by atoms with Crippen LogP contribution in [0.25, 0.3) is 0 Å². The molecule has 0 aromatic heterocycles. The lowest BCUT2D eigenvalue weighted by atomic mass is 10.1. The molecule has 3 aromatic carbocycles. The number of rotatable bonds is 8. The van der Waals surface area contributed by atoms with Crippen molar-refractivity contribution in [2.75, 3.05) is 11.3 Å². The summed E-state index contributed by atoms with van der Waals surface area (Å²) in [5.74, 6) is 0.0883. The second-order valence-electron chi connectivity index (χ2n) is 6.69. The average Bonchev–Trinajstić information content (AvgIpc) is 2.75. The number of nitrogens with one attached hydrogen (secondary N) is 2. The fourth-order valence-corrected chi connectivity index (χ4v) is 4.09. The van der Waals surface area contributed by atoms with Crippen molar-refractivity contribution < 1.29 is 17.9 Å². The summed E-state index contributed by atoms with van der Waals surface area (Å²) in [6, 6.07) is 19.6. The molecular weight excluding hydrogens is 459 g/mol. The monoisotopic (exact) mass is 478 g/mol. The molecule has 0 saturated carbocycles. The number of benzene rings is 3. The van der Waals surface area contributed by atoms with Gasteiger partial charge in [-0.05, 0) is 55.0 Å². The number of hydrogen-bond acceptors (Lipinski definition) is 4. The van der Waals surface area contributed by atoms with Crippen molar-refractivity contribution in [1.29, 1.82) is 0 Å². The summed E-state index contributed by atoms with van der Waals surface area (Å²) in [6.45, 7) is 1.69. The van der Waals surface area contributed by atoms with Gasteiger partial charge < -0.3 is 10.1 Å². The summed E-state index contributed by atoms with van der Waals surface area (Å²) in [7, 11) is -3.82. The van der Waals surface area contributed by atoms with Crippen molar-refractivity contribution >= 4 is 44.8 Å². The Bertz CT molecular complexity index is 1150. The van der Waals surface area contributed by atoms with Gasteiger partial charge in [0, 0.05) is 0 Å². The van der Waals surface area contributed by atoms with Gasteiger partial charge in [0.1, 0.15) is 5.75 Å². The number of carbonyl (C=O) groups excluding carboxylic acids is 1. The zero-order valence-corrected chi connectivity index (χ0v) is 18.8. The van der Waals surface area contributed by atoms with Gasteiger partial charge in [-0.25, -0.2) is 8.42 Å². The van der Waals surface area contributed by atoms with Gasteiger partial charge in [-0.15, -0.1) is 0 Å². The molecule has 3 aromatic rings. The van der Waals surface area contributed by atoms with Crippen molar-refractivity contribution in [1.82, 2.24) is 5.32 Å². The van der Waals surface area contributed by atoms with Gasteiger partial charge >= 0.3 is 0 Å². The Morgan fingerprint density at radius 2 is 1.65 bits per heavy atom. The fourth-order valence-electron chi connectivity index (χ4n) is 2.75. The highest BCUT2D eigenvalue weighted by atomic mass is 35.5. The maximum absolute atomic E-state index is 12.5. The molecule has 0 unspecified atom stereocenters. The first-order valence-corrected chi connectivity index (χ1v) is 11.5. The van der Waals surface area contributed by atoms with Gasteiger partial charge in [0.25, 0.3) is 15.9 Å². The second kappa shape index (κ2) is 10.0. The van der Waals surface area contributed by atoms with Crippen molar-refractivity contribution in [3.05, 3.63) is 88.4 Å². The SMILES string of the molecule is C[C@H](NC(=O)COc1ccc(S(=O)(=O)Nc2ccc(Cl)c(Cl)c2)cc1)c1ccccc1. The van der Waals surface area contributed by atoms with E-state index in [0.29, 0.717) is 16.5 Å². The molecule has 0 saturated heterocycles. The molecule has 3 rings (SSSR count). The molecule has 0 fully saturated rings. The number of ether oxygens (including phenoxy) is 1. The first-order chi connectivity index (χ1) is 14.7. The molecule has 0 aliphatic carbocycles. The normalized spacial score (nSPS) is 12.1. The van der Waals surface area contributed by atoms with Crippen LogP contribution in [0, 0.1) is 0 Å². The van der Waals surface area contributed by atoms with Crippen LogP contribution in [0.15, 0.2) is 77.7 Å². The van der Waals surface area contributed by atoms with Crippen molar-refractivity contribution in [3.8, 4) is 5.75 Å². The van der Waals surface area contributed by atoms with Crippen LogP contribution >= 0.6 is 23.2 Å². The van der Waals surface area contributed by atoms with Crippen molar-refractivity contribution in [2.24, 2.45) is 0 Å². The molecule has 0 aliphatic heterocycles. The molecule has 6 nitrogen and oxygen atoms in total. The van der Waals surface area contributed by atoms with Crippen LogP contribution in [0.3, 0.4) is 0 Å². The third kappa shape index (κ3) is 6.37. The van der Waals surface area contributed by atoms with Gasteiger partial charge in [-0.1, -0.05) is 53.5 Å². The molecule has 31 heavy (non-hydrogen) atoms. The molecule has 9 heteroatoms. The standard InChI is InChI=1S/C22H20Cl2N2O4S/c1-15(16-5-3-2-4-6-16)25-22(27)14-30-18-8-10-19(11-9-18)31(28,29)26-17-7-12-20(23)21(24)13-17/h2-13,15,26H,14H2,1H3,(H,25,27)/t15-/m0/s1. The lowest BCUT2D eigenvalue weighted by Gasteiger charge is -2.15. The largest absolute Gasteiger partial charge is 0.484 e. The minimum absolute atomic E-state index is 0.0353. The zero-order chi connectivity index (χ0) is 22.4. The Balaban J connectivity index is 1.56. The highest BCUT2D eigenvalue weighted by molar-refractivity contribution is 7.92. The Morgan fingerprint density at radius 1 is 0.968 bits per heavy atom. The van der Waals surface area contributed by atoms with E-state index in [1.54, 1.807) is 0 Å². The predicted octanol–water partition coefficient (Wildman–Crippen LogP) is 5.05. The molecule has 1 atom stereocenters. The highest BCUT2D eigenvalue weighted by Crippen LogP contribution is 2.27. The van der Waals surface area contributed by atoms with Crippen molar-refractivity contribution in [3.63, 3.8) is 0 Å². The molecule has 0 heterocycles. The van der Waals surface area contributed by atoms with E-state index in [4.69, 9.17) is 27.9 Å². The molecule has 1 amide bonds. The Hall–Kier alpha value is -2.74. The van der Waals surface area contributed by atoms with Gasteiger partial charge in [0.15, 0.2) is 6.61 Å². The second-order valence-corrected chi connectivity index (χ2v) is 9.19. The van der Waals surface area contributed by atoms with E-state index in [-0.39, 0.29) is 28.5 Å². The van der Waals surface area contributed by atoms with Gasteiger partial charge in [-0.2, -0.15) is 0 Å². The summed E-state index contributed by atoms with van der Waals surface area (Å²) in [6.07, 6.45) is 0. The third-order valence-corrected chi connectivity index (χ3v) is 6.49. The number of amides is 1. The van der Waals surface area contributed by atoms with Gasteiger partial charge in [0.05, 0.1) is 26.7 Å². The first kappa shape index (κ1) is 22.9. The smallest absolute Gasteiger partial charge is 0.261 e. The number of halogens is 2. The maximum Gasteiger partial charge on any atom is 0.261 e. The number of hydrogen-bond donors (Lipinski definition) is 2. The summed E-state index contributed by atoms with van der Waals surface area (Å²) in [5, 5.41) is 3.42. The zero-order valence-electron chi connectivity index (χ0n) is 16.5. The summed E-state index contributed by atoms with van der Waals surface area (Å²) in [5.41, 5.74) is 1.28. The van der Waals surface area contributed by atoms with Crippen molar-refractivity contribution in [2.45, 2.75) is 17.9 Å². The van der Waals surface area contributed by atoms with E-state index in [1.807, 2.05) is 37.3 Å². The Morgan fingerprint density at radius 3 is 2.29 bits per heavy atom. The summed E-state index contributed by atoms with van der Waals surface area (Å²) >= 11 is 11.8. The van der Waals surface area contributed by atoms with E-state index in [0.717, 1.165) is 5.56 Å². The minimum Gasteiger partial charge on any atom is -0.484 e. The maximum atomic E-state index is 12.5. The van der Waals surface area contributed by atoms with Crippen LogP contribution < -0.4 is 14.8 Å². The minimum atomic E-state index is -3.82. The van der Waals surface area contributed by atoms with E-state index >= 15 is 0 Å². The number of anilines is 1. The Kier molecular flexibility index (Phi) is 7.43. The van der Waals surface area contributed by atoms with Crippen LogP contribution in [0.1, 0.15) is 18.5 Å². The van der Waals surface area contributed by atoms with Crippen LogP contribution in [0.2, 0.25) is 10.0 Å².